The van der Waals surface area contributed by atoms with E-state index in [0.717, 1.165) is 18.3 Å². The highest BCUT2D eigenvalue weighted by Gasteiger charge is 2.24. The molecule has 2 nitrogen and oxygen atoms in total. The van der Waals surface area contributed by atoms with Crippen molar-refractivity contribution in [3.8, 4) is 5.75 Å². The monoisotopic (exact) mass is 261 g/mol. The quantitative estimate of drug-likeness (QED) is 0.804. The van der Waals surface area contributed by atoms with Gasteiger partial charge in [-0.15, -0.1) is 0 Å². The van der Waals surface area contributed by atoms with E-state index in [1.54, 1.807) is 0 Å². The lowest BCUT2D eigenvalue weighted by atomic mass is 9.81. The molecule has 1 aliphatic carbocycles. The Morgan fingerprint density at radius 3 is 2.37 bits per heavy atom. The Bertz CT molecular complexity index is 390. The average molecular weight is 261 g/mol. The molecule has 1 aliphatic rings. The lowest BCUT2D eigenvalue weighted by molar-refractivity contribution is 0.242. The van der Waals surface area contributed by atoms with Crippen LogP contribution in [-0.2, 0) is 5.41 Å². The average Bonchev–Trinajstić information content (AvgIpc) is 3.13. The minimum absolute atomic E-state index is 0.220. The van der Waals surface area contributed by atoms with Crippen LogP contribution in [0.5, 0.6) is 5.75 Å². The van der Waals surface area contributed by atoms with Crippen LogP contribution in [0.25, 0.3) is 0 Å². The van der Waals surface area contributed by atoms with E-state index in [2.05, 4.69) is 57.3 Å². The van der Waals surface area contributed by atoms with E-state index >= 15 is 0 Å². The molecule has 19 heavy (non-hydrogen) atoms. The number of nitrogens with one attached hydrogen (secondary N) is 1. The second-order valence-corrected chi connectivity index (χ2v) is 6.55. The topological polar surface area (TPSA) is 21.3 Å². The molecular weight excluding hydrogens is 234 g/mol. The number of rotatable bonds is 7. The first kappa shape index (κ1) is 14.4. The van der Waals surface area contributed by atoms with Gasteiger partial charge in [-0.25, -0.2) is 0 Å². The zero-order valence-corrected chi connectivity index (χ0v) is 12.7. The second-order valence-electron chi connectivity index (χ2n) is 6.55. The van der Waals surface area contributed by atoms with Gasteiger partial charge in [0.2, 0.25) is 0 Å². The highest BCUT2D eigenvalue weighted by atomic mass is 16.5. The molecule has 0 saturated heterocycles. The fraction of sp³-hybridized carbons (Fsp3) is 0.647. The van der Waals surface area contributed by atoms with Crippen molar-refractivity contribution in [1.29, 1.82) is 0 Å². The Kier molecular flexibility index (Phi) is 4.51. The van der Waals surface area contributed by atoms with Crippen LogP contribution in [0, 0.1) is 0 Å². The summed E-state index contributed by atoms with van der Waals surface area (Å²) in [6.07, 6.45) is 4.14. The van der Waals surface area contributed by atoms with Crippen molar-refractivity contribution >= 4 is 0 Å². The van der Waals surface area contributed by atoms with E-state index in [9.17, 15) is 0 Å². The molecule has 1 N–H and O–H groups in total. The molecule has 106 valence electrons. The van der Waals surface area contributed by atoms with Gasteiger partial charge in [0.1, 0.15) is 5.75 Å². The molecule has 0 atom stereocenters. The summed E-state index contributed by atoms with van der Waals surface area (Å²) in [4.78, 5) is 0. The van der Waals surface area contributed by atoms with Gasteiger partial charge < -0.3 is 10.1 Å². The highest BCUT2D eigenvalue weighted by molar-refractivity contribution is 5.31. The first-order chi connectivity index (χ1) is 8.97. The Balaban J connectivity index is 1.90. The van der Waals surface area contributed by atoms with Gasteiger partial charge in [-0.05, 0) is 62.8 Å². The molecular formula is C17H27NO. The molecule has 0 bridgehead atoms. The third kappa shape index (κ3) is 4.54. The number of ether oxygens (including phenoxy) is 1. The van der Waals surface area contributed by atoms with E-state index in [1.165, 1.54) is 24.8 Å². The van der Waals surface area contributed by atoms with Crippen molar-refractivity contribution < 1.29 is 4.74 Å². The SMILES string of the molecule is CC(C)Oc1ccc(C(C)(C)CCNC2CC2)cc1. The number of benzene rings is 1. The third-order valence-corrected chi connectivity index (χ3v) is 3.77. The number of hydrogen-bond acceptors (Lipinski definition) is 2. The van der Waals surface area contributed by atoms with Gasteiger partial charge in [-0.1, -0.05) is 26.0 Å². The zero-order valence-electron chi connectivity index (χ0n) is 12.7. The Morgan fingerprint density at radius 1 is 1.21 bits per heavy atom. The summed E-state index contributed by atoms with van der Waals surface area (Å²) in [5.41, 5.74) is 1.61. The molecule has 1 aromatic carbocycles. The maximum atomic E-state index is 5.69. The summed E-state index contributed by atoms with van der Waals surface area (Å²) < 4.78 is 5.69. The van der Waals surface area contributed by atoms with Crippen molar-refractivity contribution in [3.63, 3.8) is 0 Å². The van der Waals surface area contributed by atoms with Crippen molar-refractivity contribution in [3.05, 3.63) is 29.8 Å². The third-order valence-electron chi connectivity index (χ3n) is 3.77. The van der Waals surface area contributed by atoms with Gasteiger partial charge in [0.25, 0.3) is 0 Å². The van der Waals surface area contributed by atoms with Gasteiger partial charge in [0.05, 0.1) is 6.10 Å². The summed E-state index contributed by atoms with van der Waals surface area (Å²) in [6.45, 7) is 9.87. The van der Waals surface area contributed by atoms with Crippen molar-refractivity contribution in [2.75, 3.05) is 6.54 Å². The van der Waals surface area contributed by atoms with Crippen LogP contribution < -0.4 is 10.1 Å². The molecule has 0 aliphatic heterocycles. The molecule has 0 radical (unpaired) electrons. The lowest BCUT2D eigenvalue weighted by Crippen LogP contribution is -2.26. The van der Waals surface area contributed by atoms with Crippen LogP contribution in [0.4, 0.5) is 0 Å². The van der Waals surface area contributed by atoms with Crippen molar-refractivity contribution in [1.82, 2.24) is 5.32 Å². The minimum atomic E-state index is 0.220. The Morgan fingerprint density at radius 2 is 1.84 bits per heavy atom. The van der Waals surface area contributed by atoms with Crippen molar-refractivity contribution in [2.45, 2.75) is 64.5 Å². The highest BCUT2D eigenvalue weighted by Crippen LogP contribution is 2.29. The summed E-state index contributed by atoms with van der Waals surface area (Å²) in [5.74, 6) is 0.964. The predicted molar refractivity (Wildman–Crippen MR) is 80.9 cm³/mol. The van der Waals surface area contributed by atoms with E-state index in [-0.39, 0.29) is 11.5 Å². The molecule has 0 unspecified atom stereocenters. The van der Waals surface area contributed by atoms with Gasteiger partial charge in [-0.3, -0.25) is 0 Å². The van der Waals surface area contributed by atoms with Crippen LogP contribution in [0.15, 0.2) is 24.3 Å². The summed E-state index contributed by atoms with van der Waals surface area (Å²) in [5, 5.41) is 3.60. The maximum Gasteiger partial charge on any atom is 0.119 e. The standard InChI is InChI=1S/C17H27NO/c1-13(2)19-16-9-5-14(6-10-16)17(3,4)11-12-18-15-7-8-15/h5-6,9-10,13,15,18H,7-8,11-12H2,1-4H3. The Hall–Kier alpha value is -1.02. The number of hydrogen-bond donors (Lipinski definition) is 1. The second kappa shape index (κ2) is 5.96. The van der Waals surface area contributed by atoms with Crippen LogP contribution in [0.3, 0.4) is 0 Å². The molecule has 0 aromatic heterocycles. The molecule has 0 spiro atoms. The largest absolute Gasteiger partial charge is 0.491 e. The molecule has 0 heterocycles. The molecule has 0 amide bonds. The van der Waals surface area contributed by atoms with Crippen LogP contribution >= 0.6 is 0 Å². The first-order valence-corrected chi connectivity index (χ1v) is 7.48. The molecule has 1 fully saturated rings. The van der Waals surface area contributed by atoms with Gasteiger partial charge in [0, 0.05) is 6.04 Å². The summed E-state index contributed by atoms with van der Waals surface area (Å²) in [6, 6.07) is 9.39. The summed E-state index contributed by atoms with van der Waals surface area (Å²) in [7, 11) is 0. The maximum absolute atomic E-state index is 5.69. The van der Waals surface area contributed by atoms with Gasteiger partial charge in [-0.2, -0.15) is 0 Å². The van der Waals surface area contributed by atoms with Crippen LogP contribution in [0.1, 0.15) is 52.5 Å². The van der Waals surface area contributed by atoms with Gasteiger partial charge in [0.15, 0.2) is 0 Å². The zero-order chi connectivity index (χ0) is 13.9. The van der Waals surface area contributed by atoms with Crippen LogP contribution in [-0.4, -0.2) is 18.7 Å². The van der Waals surface area contributed by atoms with Crippen molar-refractivity contribution in [2.24, 2.45) is 0 Å². The van der Waals surface area contributed by atoms with E-state index in [1.807, 2.05) is 0 Å². The molecule has 1 saturated carbocycles. The van der Waals surface area contributed by atoms with E-state index in [4.69, 9.17) is 4.74 Å². The lowest BCUT2D eigenvalue weighted by Gasteiger charge is -2.26. The molecule has 2 heteroatoms. The predicted octanol–water partition coefficient (Wildman–Crippen LogP) is 3.89. The smallest absolute Gasteiger partial charge is 0.119 e. The van der Waals surface area contributed by atoms with E-state index in [0.29, 0.717) is 0 Å². The van der Waals surface area contributed by atoms with E-state index < -0.39 is 0 Å². The fourth-order valence-corrected chi connectivity index (χ4v) is 2.28. The summed E-state index contributed by atoms with van der Waals surface area (Å²) >= 11 is 0. The normalized spacial score (nSPS) is 15.8. The van der Waals surface area contributed by atoms with Crippen LogP contribution in [0.2, 0.25) is 0 Å². The first-order valence-electron chi connectivity index (χ1n) is 7.48. The van der Waals surface area contributed by atoms with Gasteiger partial charge >= 0.3 is 0 Å². The molecule has 1 aromatic rings. The minimum Gasteiger partial charge on any atom is -0.491 e. The molecule has 2 rings (SSSR count). The Labute approximate surface area is 117 Å². The fourth-order valence-electron chi connectivity index (χ4n) is 2.28.